The quantitative estimate of drug-likeness (QED) is 0.107. The topological polar surface area (TPSA) is 78.9 Å². The van der Waals surface area contributed by atoms with Crippen LogP contribution in [0.2, 0.25) is 0 Å². The third kappa shape index (κ3) is 19.6. The molecule has 0 aliphatic heterocycles. The van der Waals surface area contributed by atoms with Gasteiger partial charge in [0.15, 0.2) is 0 Å². The van der Waals surface area contributed by atoms with Crippen LogP contribution in [0.3, 0.4) is 0 Å². The summed E-state index contributed by atoms with van der Waals surface area (Å²) in [6.45, 7) is 14.4. The molecule has 0 aromatic carbocycles. The highest BCUT2D eigenvalue weighted by molar-refractivity contribution is 6.45. The summed E-state index contributed by atoms with van der Waals surface area (Å²) in [5, 5.41) is 0. The Balaban J connectivity index is 3.84. The van der Waals surface area contributed by atoms with Crippen LogP contribution in [0.25, 0.3) is 0 Å². The van der Waals surface area contributed by atoms with Crippen molar-refractivity contribution in [1.82, 2.24) is 0 Å². The van der Waals surface area contributed by atoms with E-state index in [1.165, 1.54) is 78.1 Å². The van der Waals surface area contributed by atoms with Gasteiger partial charge in [0.1, 0.15) is 0 Å². The lowest BCUT2D eigenvalue weighted by molar-refractivity contribution is -0.145. The number of hydrogen-bond acceptors (Lipinski definition) is 6. The van der Waals surface area contributed by atoms with Crippen LogP contribution in [0.15, 0.2) is 24.3 Å². The maximum Gasteiger partial charge on any atom is 1.20 e. The van der Waals surface area contributed by atoms with E-state index in [0.717, 1.165) is 18.8 Å². The average Bonchev–Trinajstić information content (AvgIpc) is 2.73. The number of rotatable bonds is 20. The van der Waals surface area contributed by atoms with E-state index in [1.54, 1.807) is 0 Å². The molecule has 0 aliphatic carbocycles. The van der Waals surface area contributed by atoms with Crippen LogP contribution in [0.5, 0.6) is 0 Å². The van der Waals surface area contributed by atoms with Gasteiger partial charge in [0, 0.05) is 17.6 Å². The molecule has 0 fully saturated rings. The first kappa shape index (κ1) is 31.4. The van der Waals surface area contributed by atoms with Crippen LogP contribution < -0.4 is 0 Å². The van der Waals surface area contributed by atoms with Gasteiger partial charge in [0.2, 0.25) is 0 Å². The second-order valence-electron chi connectivity index (χ2n) is 9.32. The number of hydrogen-bond donors (Lipinski definition) is 0. The van der Waals surface area contributed by atoms with Gasteiger partial charge in [-0.15, -0.1) is 0 Å². The van der Waals surface area contributed by atoms with Crippen molar-refractivity contribution in [2.75, 3.05) is 0 Å². The predicted octanol–water partition coefficient (Wildman–Crippen LogP) is 6.87. The highest BCUT2D eigenvalue weighted by Crippen LogP contribution is 2.14. The predicted molar refractivity (Wildman–Crippen MR) is 133 cm³/mol. The Labute approximate surface area is 206 Å². The fourth-order valence-corrected chi connectivity index (χ4v) is 4.43. The zero-order valence-corrected chi connectivity index (χ0v) is 22.6. The molecule has 0 rings (SSSR count). The fourth-order valence-electron chi connectivity index (χ4n) is 3.20. The molecule has 0 atom stereocenters. The summed E-state index contributed by atoms with van der Waals surface area (Å²) in [6, 6.07) is 0. The molecule has 33 heavy (non-hydrogen) atoms. The SMILES string of the molecule is C=C(C)C(=O)[O][Al]([O]C(=O)CCCCCCCCCCCCCCC(C)C)[O]C(=O)C(=C)C. The molecule has 6 nitrogen and oxygen atoms in total. The van der Waals surface area contributed by atoms with Gasteiger partial charge in [-0.25, -0.2) is 0 Å². The average molecular weight is 481 g/mol. The third-order valence-electron chi connectivity index (χ3n) is 5.24. The van der Waals surface area contributed by atoms with Crippen molar-refractivity contribution in [3.63, 3.8) is 0 Å². The number of unbranched alkanes of at least 4 members (excludes halogenated alkanes) is 11. The van der Waals surface area contributed by atoms with Gasteiger partial charge in [0.05, 0.1) is 0 Å². The summed E-state index contributed by atoms with van der Waals surface area (Å²) >= 11 is -3.29. The molecule has 0 aliphatic rings. The molecule has 0 bridgehead atoms. The first-order valence-electron chi connectivity index (χ1n) is 12.6. The Hall–Kier alpha value is -1.58. The molecule has 7 heteroatoms. The summed E-state index contributed by atoms with van der Waals surface area (Å²) in [7, 11) is 0. The highest BCUT2D eigenvalue weighted by Gasteiger charge is 2.49. The molecule has 0 N–H and O–H groups in total. The summed E-state index contributed by atoms with van der Waals surface area (Å²) in [5.41, 5.74) is 0.271. The monoisotopic (exact) mass is 480 g/mol. The summed E-state index contributed by atoms with van der Waals surface area (Å²) in [4.78, 5) is 35.5. The summed E-state index contributed by atoms with van der Waals surface area (Å²) in [5.74, 6) is -1.20. The smallest absolute Gasteiger partial charge is 0.551 e. The molecule has 0 radical (unpaired) electrons. The summed E-state index contributed by atoms with van der Waals surface area (Å²) in [6.07, 6.45) is 16.1. The lowest BCUT2D eigenvalue weighted by Crippen LogP contribution is -2.35. The lowest BCUT2D eigenvalue weighted by Gasteiger charge is -2.13. The van der Waals surface area contributed by atoms with Crippen LogP contribution in [0, 0.1) is 5.92 Å². The zero-order valence-electron chi connectivity index (χ0n) is 21.4. The van der Waals surface area contributed by atoms with Crippen molar-refractivity contribution in [2.45, 2.75) is 118 Å². The molecule has 0 spiro atoms. The van der Waals surface area contributed by atoms with E-state index < -0.39 is 33.1 Å². The van der Waals surface area contributed by atoms with Crippen molar-refractivity contribution in [3.8, 4) is 0 Å². The van der Waals surface area contributed by atoms with Gasteiger partial charge in [0.25, 0.3) is 5.97 Å². The Morgan fingerprint density at radius 3 is 1.36 bits per heavy atom. The molecule has 0 saturated heterocycles. The molecule has 0 unspecified atom stereocenters. The number of carbonyl (C=O) groups is 3. The largest absolute Gasteiger partial charge is 1.20 e. The van der Waals surface area contributed by atoms with E-state index in [9.17, 15) is 14.4 Å². The first-order valence-corrected chi connectivity index (χ1v) is 14.0. The van der Waals surface area contributed by atoms with E-state index in [1.807, 2.05) is 0 Å². The van der Waals surface area contributed by atoms with E-state index in [4.69, 9.17) is 11.4 Å². The standard InChI is InChI=1S/C18H36O2.2C4H6O2.Al/c1-17(2)15-13-11-9-7-5-3-4-6-8-10-12-14-16-18(19)20;2*1-3(2)4(5)6;/h17H,3-16H2,1-2H3,(H,19,20);2*1H2,2H3,(H,5,6);/q;;;+3/p-3. The van der Waals surface area contributed by atoms with Gasteiger partial charge >= 0.3 is 27.1 Å². The Morgan fingerprint density at radius 1 is 0.636 bits per heavy atom. The normalized spacial score (nSPS) is 10.6. The fraction of sp³-hybridized carbons (Fsp3) is 0.731. The van der Waals surface area contributed by atoms with Crippen LogP contribution in [-0.4, -0.2) is 33.1 Å². The molecule has 0 heterocycles. The molecular formula is C26H45AlO6. The molecule has 188 valence electrons. The van der Waals surface area contributed by atoms with Gasteiger partial charge in [-0.05, 0) is 26.2 Å². The minimum atomic E-state index is -3.29. The van der Waals surface area contributed by atoms with Crippen LogP contribution in [-0.2, 0) is 25.7 Å². The van der Waals surface area contributed by atoms with Crippen molar-refractivity contribution >= 4 is 33.1 Å². The molecule has 0 amide bonds. The summed E-state index contributed by atoms with van der Waals surface area (Å²) < 4.78 is 15.2. The minimum absolute atomic E-state index is 0.136. The first-order chi connectivity index (χ1) is 15.6. The Morgan fingerprint density at radius 2 is 1.00 bits per heavy atom. The second kappa shape index (κ2) is 19.9. The van der Waals surface area contributed by atoms with Crippen molar-refractivity contribution in [3.05, 3.63) is 24.3 Å². The molecular weight excluding hydrogens is 435 g/mol. The molecule has 0 aromatic heterocycles. The third-order valence-corrected chi connectivity index (χ3v) is 6.51. The van der Waals surface area contributed by atoms with Gasteiger partial charge in [-0.3, -0.25) is 14.4 Å². The van der Waals surface area contributed by atoms with E-state index in [2.05, 4.69) is 27.0 Å². The molecule has 0 saturated carbocycles. The van der Waals surface area contributed by atoms with E-state index >= 15 is 0 Å². The Kier molecular flexibility index (Phi) is 18.9. The van der Waals surface area contributed by atoms with Crippen molar-refractivity contribution in [2.24, 2.45) is 5.92 Å². The van der Waals surface area contributed by atoms with Gasteiger partial charge in [-0.2, -0.15) is 0 Å². The van der Waals surface area contributed by atoms with E-state index in [-0.39, 0.29) is 17.6 Å². The van der Waals surface area contributed by atoms with Crippen molar-refractivity contribution < 1.29 is 25.7 Å². The maximum atomic E-state index is 12.1. The van der Waals surface area contributed by atoms with Crippen molar-refractivity contribution in [1.29, 1.82) is 0 Å². The van der Waals surface area contributed by atoms with Gasteiger partial charge in [-0.1, -0.05) is 104 Å². The minimum Gasteiger partial charge on any atom is -0.551 e. The maximum absolute atomic E-state index is 12.1. The second-order valence-corrected chi connectivity index (χ2v) is 10.6. The lowest BCUT2D eigenvalue weighted by atomic mass is 10.0. The van der Waals surface area contributed by atoms with Crippen LogP contribution in [0.1, 0.15) is 118 Å². The van der Waals surface area contributed by atoms with Crippen LogP contribution >= 0.6 is 0 Å². The van der Waals surface area contributed by atoms with Crippen LogP contribution in [0.4, 0.5) is 0 Å². The number of carbonyl (C=O) groups excluding carboxylic acids is 3. The molecule has 0 aromatic rings. The highest BCUT2D eigenvalue weighted by atomic mass is 27.3. The zero-order chi connectivity index (χ0) is 25.1. The van der Waals surface area contributed by atoms with E-state index in [0.29, 0.717) is 6.42 Å². The Bertz CT molecular complexity index is 586. The van der Waals surface area contributed by atoms with Gasteiger partial charge < -0.3 is 11.4 Å².